The minimum atomic E-state index is -5.83. The van der Waals surface area contributed by atoms with E-state index >= 15 is 0 Å². The normalized spacial score (nSPS) is 14.8. The molecule has 1 aliphatic rings. The average Bonchev–Trinajstić information content (AvgIpc) is 3.07. The minimum absolute atomic E-state index is 0. The van der Waals surface area contributed by atoms with Crippen LogP contribution in [0.5, 0.6) is 5.75 Å². The number of pyridine rings is 1. The zero-order valence-electron chi connectivity index (χ0n) is 21.8. The standard InChI is InChI=1S/C28H19F5N2O4S2.Na/c29-22-12-17-7-9-19(34-24(17)13-23(22)30)8-5-16-6-10-25-21(11-16)27(20-4-2-1-3-18(20)14-39-25)40-15-26(36)35-41(37,38)28(31,32)33;/h1-13,27H,14-15H2,(H,35,36);. The molecule has 1 radical (unpaired) electrons. The van der Waals surface area contributed by atoms with Crippen molar-refractivity contribution in [3.05, 3.63) is 106 Å². The first-order valence-corrected chi connectivity index (χ1v) is 14.5. The first-order valence-electron chi connectivity index (χ1n) is 11.9. The zero-order valence-corrected chi connectivity index (χ0v) is 25.4. The third kappa shape index (κ3) is 6.97. The molecule has 14 heteroatoms. The van der Waals surface area contributed by atoms with Crippen LogP contribution in [0.2, 0.25) is 0 Å². The van der Waals surface area contributed by atoms with Crippen LogP contribution >= 0.6 is 11.8 Å². The van der Waals surface area contributed by atoms with E-state index in [1.807, 2.05) is 6.07 Å². The Labute approximate surface area is 263 Å². The molecule has 4 aromatic rings. The van der Waals surface area contributed by atoms with E-state index in [0.29, 0.717) is 28.0 Å². The van der Waals surface area contributed by atoms with Crippen LogP contribution < -0.4 is 9.46 Å². The van der Waals surface area contributed by atoms with Crippen molar-refractivity contribution in [1.82, 2.24) is 9.71 Å². The third-order valence-corrected chi connectivity index (χ3v) is 8.55. The largest absolute Gasteiger partial charge is 0.516 e. The Kier molecular flexibility index (Phi) is 9.68. The van der Waals surface area contributed by atoms with Gasteiger partial charge in [0, 0.05) is 46.6 Å². The Morgan fingerprint density at radius 1 is 1.00 bits per heavy atom. The molecule has 1 N–H and O–H groups in total. The maximum atomic E-state index is 13.7. The number of aromatic nitrogens is 1. The van der Waals surface area contributed by atoms with Gasteiger partial charge in [0.25, 0.3) is 0 Å². The fraction of sp³-hybridized carbons (Fsp3) is 0.143. The van der Waals surface area contributed by atoms with Crippen molar-refractivity contribution >= 4 is 80.3 Å². The Bertz CT molecular complexity index is 1800. The van der Waals surface area contributed by atoms with Crippen molar-refractivity contribution in [3.63, 3.8) is 0 Å². The molecule has 42 heavy (non-hydrogen) atoms. The summed E-state index contributed by atoms with van der Waals surface area (Å²) >= 11 is 0.956. The van der Waals surface area contributed by atoms with Gasteiger partial charge in [-0.25, -0.2) is 18.5 Å². The van der Waals surface area contributed by atoms with E-state index in [2.05, 4.69) is 4.98 Å². The number of fused-ring (bicyclic) bond motifs is 3. The van der Waals surface area contributed by atoms with Gasteiger partial charge in [-0.2, -0.15) is 21.6 Å². The molecule has 5 rings (SSSR count). The van der Waals surface area contributed by atoms with E-state index in [1.165, 1.54) is 0 Å². The van der Waals surface area contributed by atoms with Gasteiger partial charge in [0.2, 0.25) is 5.91 Å². The second-order valence-corrected chi connectivity index (χ2v) is 11.7. The maximum absolute atomic E-state index is 13.7. The fourth-order valence-electron chi connectivity index (χ4n) is 4.24. The summed E-state index contributed by atoms with van der Waals surface area (Å²) in [4.78, 5) is 16.6. The van der Waals surface area contributed by atoms with Crippen molar-refractivity contribution in [1.29, 1.82) is 0 Å². The number of hydrogen-bond donors (Lipinski definition) is 1. The SMILES string of the molecule is O=C(CSC1c2ccccc2COc2ccc(C=Cc3ccc4cc(F)c(F)cc4n3)cc21)NS(=O)(=O)C(F)(F)F.[Na]. The molecular formula is C28H19F5N2NaO4S2. The van der Waals surface area contributed by atoms with Crippen LogP contribution in [0.1, 0.15) is 33.2 Å². The van der Waals surface area contributed by atoms with Crippen molar-refractivity contribution in [3.8, 4) is 5.75 Å². The van der Waals surface area contributed by atoms with E-state index < -0.39 is 44.1 Å². The average molecular weight is 630 g/mol. The smallest absolute Gasteiger partial charge is 0.489 e. The van der Waals surface area contributed by atoms with E-state index in [0.717, 1.165) is 39.7 Å². The number of hydrogen-bond acceptors (Lipinski definition) is 6. The van der Waals surface area contributed by atoms with Crippen molar-refractivity contribution < 1.29 is 39.9 Å². The molecule has 0 bridgehead atoms. The topological polar surface area (TPSA) is 85.4 Å². The minimum Gasteiger partial charge on any atom is -0.489 e. The molecule has 6 nitrogen and oxygen atoms in total. The van der Waals surface area contributed by atoms with Crippen LogP contribution in [0.25, 0.3) is 23.1 Å². The molecule has 1 unspecified atom stereocenters. The molecule has 0 fully saturated rings. The molecule has 1 aromatic heterocycles. The van der Waals surface area contributed by atoms with E-state index in [-0.39, 0.29) is 41.7 Å². The number of alkyl halides is 3. The van der Waals surface area contributed by atoms with Crippen LogP contribution in [-0.2, 0) is 21.4 Å². The predicted molar refractivity (Wildman–Crippen MR) is 151 cm³/mol. The summed E-state index contributed by atoms with van der Waals surface area (Å²) in [5.41, 5.74) is -1.99. The van der Waals surface area contributed by atoms with Crippen LogP contribution in [0.4, 0.5) is 22.0 Å². The summed E-state index contributed by atoms with van der Waals surface area (Å²) in [7, 11) is -5.83. The summed E-state index contributed by atoms with van der Waals surface area (Å²) in [6, 6.07) is 17.8. The molecule has 1 atom stereocenters. The molecule has 0 saturated carbocycles. The molecule has 0 saturated heterocycles. The number of sulfonamides is 1. The number of amides is 1. The molecule has 3 aromatic carbocycles. The summed E-state index contributed by atoms with van der Waals surface area (Å²) in [6.45, 7) is 0.211. The van der Waals surface area contributed by atoms with Gasteiger partial charge in [-0.15, -0.1) is 11.8 Å². The summed E-state index contributed by atoms with van der Waals surface area (Å²) in [5.74, 6) is -3.38. The predicted octanol–water partition coefficient (Wildman–Crippen LogP) is 5.98. The van der Waals surface area contributed by atoms with E-state index in [9.17, 15) is 35.2 Å². The van der Waals surface area contributed by atoms with E-state index in [4.69, 9.17) is 4.74 Å². The number of benzene rings is 3. The number of carbonyl (C=O) groups excluding carboxylic acids is 1. The summed E-state index contributed by atoms with van der Waals surface area (Å²) in [6.07, 6.45) is 3.40. The van der Waals surface area contributed by atoms with Gasteiger partial charge >= 0.3 is 15.5 Å². The number of thioether (sulfide) groups is 1. The molecular weight excluding hydrogens is 610 g/mol. The second-order valence-electron chi connectivity index (χ2n) is 8.98. The number of carbonyl (C=O) groups is 1. The molecule has 0 aliphatic carbocycles. The van der Waals surface area contributed by atoms with Crippen molar-refractivity contribution in [2.24, 2.45) is 0 Å². The Morgan fingerprint density at radius 2 is 1.74 bits per heavy atom. The van der Waals surface area contributed by atoms with Gasteiger partial charge in [0.05, 0.1) is 22.2 Å². The first-order chi connectivity index (χ1) is 19.4. The zero-order chi connectivity index (χ0) is 29.4. The molecule has 2 heterocycles. The van der Waals surface area contributed by atoms with Crippen LogP contribution in [0.3, 0.4) is 0 Å². The Morgan fingerprint density at radius 3 is 2.50 bits per heavy atom. The van der Waals surface area contributed by atoms with Gasteiger partial charge < -0.3 is 4.74 Å². The molecule has 1 amide bonds. The summed E-state index contributed by atoms with van der Waals surface area (Å²) in [5, 5.41) is -0.137. The van der Waals surface area contributed by atoms with Gasteiger partial charge in [-0.1, -0.05) is 42.5 Å². The Hall–Kier alpha value is -2.97. The van der Waals surface area contributed by atoms with Crippen molar-refractivity contribution in [2.75, 3.05) is 5.75 Å². The van der Waals surface area contributed by atoms with E-state index in [1.54, 1.807) is 60.7 Å². The van der Waals surface area contributed by atoms with Gasteiger partial charge in [-0.05, 0) is 47.0 Å². The number of nitrogens with zero attached hydrogens (tertiary/aromatic N) is 1. The fourth-order valence-corrected chi connectivity index (χ4v) is 5.98. The van der Waals surface area contributed by atoms with Crippen LogP contribution in [0.15, 0.2) is 66.7 Å². The quantitative estimate of drug-likeness (QED) is 0.209. The third-order valence-electron chi connectivity index (χ3n) is 6.17. The van der Waals surface area contributed by atoms with Crippen molar-refractivity contribution in [2.45, 2.75) is 17.4 Å². The molecule has 213 valence electrons. The van der Waals surface area contributed by atoms with Crippen LogP contribution in [0, 0.1) is 11.6 Å². The number of ether oxygens (including phenoxy) is 1. The molecule has 0 spiro atoms. The molecule has 1 aliphatic heterocycles. The number of halogens is 5. The summed E-state index contributed by atoms with van der Waals surface area (Å²) < 4.78 is 95.1. The van der Waals surface area contributed by atoms with Gasteiger partial charge in [0.1, 0.15) is 12.4 Å². The Balaban J connectivity index is 0.00000405. The number of rotatable bonds is 6. The van der Waals surface area contributed by atoms with Crippen LogP contribution in [-0.4, -0.2) is 60.1 Å². The monoisotopic (exact) mass is 629 g/mol. The number of nitrogens with one attached hydrogen (secondary N) is 1. The second kappa shape index (κ2) is 12.7. The maximum Gasteiger partial charge on any atom is 0.516 e. The van der Waals surface area contributed by atoms with Gasteiger partial charge in [-0.3, -0.25) is 4.79 Å². The van der Waals surface area contributed by atoms with Gasteiger partial charge in [0.15, 0.2) is 11.6 Å². The first kappa shape index (κ1) is 32.0.